The molecule has 29 heavy (non-hydrogen) atoms. The summed E-state index contributed by atoms with van der Waals surface area (Å²) < 4.78 is 12.1. The quantitative estimate of drug-likeness (QED) is 0.416. The van der Waals surface area contributed by atoms with Crippen molar-refractivity contribution >= 4 is 38.3 Å². The Labute approximate surface area is 183 Å². The summed E-state index contributed by atoms with van der Waals surface area (Å²) in [6.07, 6.45) is 2.10. The van der Waals surface area contributed by atoms with Gasteiger partial charge in [0.1, 0.15) is 11.5 Å². The summed E-state index contributed by atoms with van der Waals surface area (Å²) in [5.41, 5.74) is 2.90. The van der Waals surface area contributed by atoms with Crippen LogP contribution in [-0.4, -0.2) is 24.1 Å². The van der Waals surface area contributed by atoms with E-state index in [-0.39, 0.29) is 12.5 Å². The molecule has 0 fully saturated rings. The fourth-order valence-corrected chi connectivity index (χ4v) is 4.09. The highest BCUT2D eigenvalue weighted by atomic mass is 79.9. The van der Waals surface area contributed by atoms with E-state index >= 15 is 0 Å². The standard InChI is InChI=1S/C22H23BrN2O3S/c1-3-7-15-10-11-20(17(23)12-15)28-13-21(26)25-22-24-18(14-29-22)16-8-5-6-9-19(16)27-4-2/h5-6,8-12,14H,3-4,7,13H2,1-2H3,(H,24,25,26). The van der Waals surface area contributed by atoms with Crippen LogP contribution in [0.4, 0.5) is 5.13 Å². The summed E-state index contributed by atoms with van der Waals surface area (Å²) in [4.78, 5) is 16.8. The highest BCUT2D eigenvalue weighted by Gasteiger charge is 2.12. The normalized spacial score (nSPS) is 10.6. The van der Waals surface area contributed by atoms with Crippen molar-refractivity contribution in [2.75, 3.05) is 18.5 Å². The van der Waals surface area contributed by atoms with E-state index < -0.39 is 0 Å². The lowest BCUT2D eigenvalue weighted by atomic mass is 10.1. The Morgan fingerprint density at radius 3 is 2.72 bits per heavy atom. The van der Waals surface area contributed by atoms with E-state index in [2.05, 4.69) is 33.2 Å². The van der Waals surface area contributed by atoms with E-state index in [4.69, 9.17) is 9.47 Å². The second kappa shape index (κ2) is 10.4. The summed E-state index contributed by atoms with van der Waals surface area (Å²) in [6.45, 7) is 4.58. The molecule has 1 heterocycles. The number of rotatable bonds is 9. The number of aryl methyl sites for hydroxylation is 1. The van der Waals surface area contributed by atoms with Gasteiger partial charge in [-0.15, -0.1) is 11.3 Å². The number of hydrogen-bond donors (Lipinski definition) is 1. The van der Waals surface area contributed by atoms with Gasteiger partial charge in [-0.25, -0.2) is 4.98 Å². The lowest BCUT2D eigenvalue weighted by Crippen LogP contribution is -2.20. The monoisotopic (exact) mass is 474 g/mol. The van der Waals surface area contributed by atoms with Crippen molar-refractivity contribution in [2.24, 2.45) is 0 Å². The molecule has 0 unspecified atom stereocenters. The SMILES string of the molecule is CCCc1ccc(OCC(=O)Nc2nc(-c3ccccc3OCC)cs2)c(Br)c1. The Morgan fingerprint density at radius 1 is 1.14 bits per heavy atom. The fraction of sp³-hybridized carbons (Fsp3) is 0.273. The summed E-state index contributed by atoms with van der Waals surface area (Å²) in [5, 5.41) is 5.22. The molecule has 0 aliphatic rings. The van der Waals surface area contributed by atoms with Crippen molar-refractivity contribution in [3.63, 3.8) is 0 Å². The molecule has 0 saturated carbocycles. The molecule has 0 bridgehead atoms. The molecule has 0 radical (unpaired) electrons. The number of aromatic nitrogens is 1. The maximum absolute atomic E-state index is 12.3. The first-order valence-corrected chi connectivity index (χ1v) is 11.2. The maximum atomic E-state index is 12.3. The number of para-hydroxylation sites is 1. The first-order valence-electron chi connectivity index (χ1n) is 9.49. The number of thiazole rings is 1. The van der Waals surface area contributed by atoms with Crippen LogP contribution in [0.1, 0.15) is 25.8 Å². The van der Waals surface area contributed by atoms with Crippen molar-refractivity contribution in [1.29, 1.82) is 0 Å². The number of anilines is 1. The smallest absolute Gasteiger partial charge is 0.264 e. The maximum Gasteiger partial charge on any atom is 0.264 e. The minimum absolute atomic E-state index is 0.0871. The Hall–Kier alpha value is -2.38. The van der Waals surface area contributed by atoms with Gasteiger partial charge in [0.05, 0.1) is 16.8 Å². The van der Waals surface area contributed by atoms with Gasteiger partial charge < -0.3 is 9.47 Å². The highest BCUT2D eigenvalue weighted by molar-refractivity contribution is 9.10. The number of carbonyl (C=O) groups excluding carboxylic acids is 1. The average Bonchev–Trinajstić information content (AvgIpc) is 3.16. The number of hydrogen-bond acceptors (Lipinski definition) is 5. The Bertz CT molecular complexity index is 974. The van der Waals surface area contributed by atoms with Gasteiger partial charge in [0, 0.05) is 10.9 Å². The lowest BCUT2D eigenvalue weighted by Gasteiger charge is -2.09. The molecule has 7 heteroatoms. The predicted octanol–water partition coefficient (Wildman–Crippen LogP) is 5.94. The zero-order valence-electron chi connectivity index (χ0n) is 16.4. The number of ether oxygens (including phenoxy) is 2. The van der Waals surface area contributed by atoms with Crippen LogP contribution >= 0.6 is 27.3 Å². The first kappa shape index (κ1) is 21.3. The van der Waals surface area contributed by atoms with Gasteiger partial charge in [0.25, 0.3) is 5.91 Å². The summed E-state index contributed by atoms with van der Waals surface area (Å²) in [7, 11) is 0. The third-order valence-electron chi connectivity index (χ3n) is 4.11. The van der Waals surface area contributed by atoms with Gasteiger partial charge in [-0.3, -0.25) is 10.1 Å². The summed E-state index contributed by atoms with van der Waals surface area (Å²) in [6, 6.07) is 13.7. The summed E-state index contributed by atoms with van der Waals surface area (Å²) >= 11 is 4.87. The van der Waals surface area contributed by atoms with Gasteiger partial charge in [0.15, 0.2) is 11.7 Å². The van der Waals surface area contributed by atoms with Gasteiger partial charge >= 0.3 is 0 Å². The Morgan fingerprint density at radius 2 is 1.97 bits per heavy atom. The van der Waals surface area contributed by atoms with Crippen LogP contribution in [0.15, 0.2) is 52.3 Å². The van der Waals surface area contributed by atoms with Crippen molar-refractivity contribution in [2.45, 2.75) is 26.7 Å². The van der Waals surface area contributed by atoms with Gasteiger partial charge in [-0.05, 0) is 59.1 Å². The van der Waals surface area contributed by atoms with E-state index in [1.54, 1.807) is 0 Å². The van der Waals surface area contributed by atoms with Crippen molar-refractivity contribution < 1.29 is 14.3 Å². The van der Waals surface area contributed by atoms with Crippen LogP contribution in [-0.2, 0) is 11.2 Å². The minimum atomic E-state index is -0.256. The van der Waals surface area contributed by atoms with Gasteiger partial charge in [-0.2, -0.15) is 0 Å². The molecule has 0 aliphatic carbocycles. The second-order valence-corrected chi connectivity index (χ2v) is 8.03. The zero-order valence-corrected chi connectivity index (χ0v) is 18.8. The second-order valence-electron chi connectivity index (χ2n) is 6.32. The number of benzene rings is 2. The molecule has 0 spiro atoms. The first-order chi connectivity index (χ1) is 14.1. The molecule has 1 aromatic heterocycles. The van der Waals surface area contributed by atoms with E-state index in [1.807, 2.05) is 54.8 Å². The largest absolute Gasteiger partial charge is 0.493 e. The van der Waals surface area contributed by atoms with E-state index in [0.29, 0.717) is 17.5 Å². The predicted molar refractivity (Wildman–Crippen MR) is 121 cm³/mol. The van der Waals surface area contributed by atoms with Crippen molar-refractivity contribution in [3.05, 3.63) is 57.9 Å². The van der Waals surface area contributed by atoms with Crippen molar-refractivity contribution in [1.82, 2.24) is 4.98 Å². The molecule has 0 atom stereocenters. The molecule has 3 aromatic rings. The molecule has 1 amide bonds. The molecule has 2 aromatic carbocycles. The molecule has 0 saturated heterocycles. The third kappa shape index (κ3) is 5.81. The highest BCUT2D eigenvalue weighted by Crippen LogP contribution is 2.32. The van der Waals surface area contributed by atoms with Gasteiger partial charge in [0.2, 0.25) is 0 Å². The number of halogens is 1. The molecule has 5 nitrogen and oxygen atoms in total. The van der Waals surface area contributed by atoms with E-state index in [0.717, 1.165) is 34.3 Å². The number of amides is 1. The van der Waals surface area contributed by atoms with Crippen LogP contribution < -0.4 is 14.8 Å². The fourth-order valence-electron chi connectivity index (χ4n) is 2.82. The van der Waals surface area contributed by atoms with Crippen LogP contribution in [0.25, 0.3) is 11.3 Å². The average molecular weight is 475 g/mol. The zero-order chi connectivity index (χ0) is 20.6. The molecule has 0 aliphatic heterocycles. The Kier molecular flexibility index (Phi) is 7.66. The van der Waals surface area contributed by atoms with E-state index in [1.165, 1.54) is 16.9 Å². The number of nitrogens with zero attached hydrogens (tertiary/aromatic N) is 1. The molecular formula is C22H23BrN2O3S. The molecular weight excluding hydrogens is 452 g/mol. The number of carbonyl (C=O) groups is 1. The molecule has 1 N–H and O–H groups in total. The topological polar surface area (TPSA) is 60.5 Å². The third-order valence-corrected chi connectivity index (χ3v) is 5.48. The summed E-state index contributed by atoms with van der Waals surface area (Å²) in [5.74, 6) is 1.16. The Balaban J connectivity index is 1.60. The van der Waals surface area contributed by atoms with Crippen molar-refractivity contribution in [3.8, 4) is 22.8 Å². The molecule has 152 valence electrons. The van der Waals surface area contributed by atoms with Crippen LogP contribution in [0.2, 0.25) is 0 Å². The minimum Gasteiger partial charge on any atom is -0.493 e. The molecule has 3 rings (SSSR count). The van der Waals surface area contributed by atoms with Crippen LogP contribution in [0, 0.1) is 0 Å². The number of nitrogens with one attached hydrogen (secondary N) is 1. The van der Waals surface area contributed by atoms with Crippen LogP contribution in [0.5, 0.6) is 11.5 Å². The van der Waals surface area contributed by atoms with Crippen LogP contribution in [0.3, 0.4) is 0 Å². The van der Waals surface area contributed by atoms with E-state index in [9.17, 15) is 4.79 Å². The van der Waals surface area contributed by atoms with Gasteiger partial charge in [-0.1, -0.05) is 31.5 Å². The lowest BCUT2D eigenvalue weighted by molar-refractivity contribution is -0.118.